The maximum Gasteiger partial charge on any atom is 0.165 e. The number of hydrogen-bond acceptors (Lipinski definition) is 5. The van der Waals surface area contributed by atoms with E-state index in [1.54, 1.807) is 16.6 Å². The van der Waals surface area contributed by atoms with Crippen LogP contribution < -0.4 is 10.6 Å². The summed E-state index contributed by atoms with van der Waals surface area (Å²) in [6.07, 6.45) is 2.10. The quantitative estimate of drug-likeness (QED) is 0.694. The Morgan fingerprint density at radius 3 is 2.73 bits per heavy atom. The summed E-state index contributed by atoms with van der Waals surface area (Å²) in [5, 5.41) is 20.7. The van der Waals surface area contributed by atoms with Gasteiger partial charge in [-0.3, -0.25) is 0 Å². The van der Waals surface area contributed by atoms with Crippen molar-refractivity contribution in [1.29, 1.82) is 5.26 Å². The first-order valence-electron chi connectivity index (χ1n) is 8.67. The monoisotopic (exact) mass is 366 g/mol. The molecule has 0 spiro atoms. The molecule has 2 N–H and O–H groups in total. The van der Waals surface area contributed by atoms with Gasteiger partial charge in [-0.05, 0) is 31.5 Å². The molecule has 4 rings (SSSR count). The van der Waals surface area contributed by atoms with Gasteiger partial charge in [0, 0.05) is 24.1 Å². The molecule has 1 fully saturated rings. The molecule has 1 saturated heterocycles. The number of rotatable bonds is 4. The molecule has 6 nitrogen and oxygen atoms in total. The van der Waals surface area contributed by atoms with Gasteiger partial charge in [-0.15, -0.1) is 0 Å². The van der Waals surface area contributed by atoms with E-state index < -0.39 is 0 Å². The molecule has 0 unspecified atom stereocenters. The van der Waals surface area contributed by atoms with Crippen molar-refractivity contribution in [2.75, 3.05) is 25.0 Å². The Hall–Kier alpha value is -2.62. The predicted molar refractivity (Wildman–Crippen MR) is 101 cm³/mol. The second-order valence-corrected chi connectivity index (χ2v) is 7.01. The lowest BCUT2D eigenvalue weighted by Gasteiger charge is -2.38. The molecular formula is C19H19ClN6. The number of nitrogens with zero attached hydrogens (tertiary/aromatic N) is 4. The van der Waals surface area contributed by atoms with Crippen LogP contribution in [0.2, 0.25) is 5.15 Å². The van der Waals surface area contributed by atoms with Gasteiger partial charge in [0.25, 0.3) is 0 Å². The number of benzene rings is 1. The van der Waals surface area contributed by atoms with E-state index in [9.17, 15) is 0 Å². The number of nitriles is 1. The van der Waals surface area contributed by atoms with Crippen LogP contribution >= 0.6 is 11.6 Å². The Morgan fingerprint density at radius 1 is 1.23 bits per heavy atom. The summed E-state index contributed by atoms with van der Waals surface area (Å²) in [7, 11) is 0. The van der Waals surface area contributed by atoms with Gasteiger partial charge in [0.2, 0.25) is 0 Å². The number of halogens is 1. The molecule has 0 bridgehead atoms. The van der Waals surface area contributed by atoms with E-state index in [0.29, 0.717) is 16.5 Å². The van der Waals surface area contributed by atoms with Crippen molar-refractivity contribution < 1.29 is 0 Å². The molecule has 1 aliphatic rings. The molecule has 0 saturated carbocycles. The van der Waals surface area contributed by atoms with Crippen LogP contribution in [0.1, 0.15) is 24.1 Å². The van der Waals surface area contributed by atoms with Crippen LogP contribution in [-0.4, -0.2) is 34.2 Å². The maximum atomic E-state index is 9.11. The van der Waals surface area contributed by atoms with Crippen LogP contribution in [0.5, 0.6) is 0 Å². The minimum atomic E-state index is 0.0415. The fraction of sp³-hybridized carbons (Fsp3) is 0.316. The van der Waals surface area contributed by atoms with Gasteiger partial charge in [-0.25, -0.2) is 4.98 Å². The minimum Gasteiger partial charge on any atom is -0.369 e. The molecule has 0 atom stereocenters. The van der Waals surface area contributed by atoms with Crippen molar-refractivity contribution in [1.82, 2.24) is 19.9 Å². The zero-order valence-electron chi connectivity index (χ0n) is 14.2. The Bertz CT molecular complexity index is 953. The van der Waals surface area contributed by atoms with E-state index in [1.807, 2.05) is 6.07 Å². The standard InChI is InChI=1S/C19H19ClN6/c20-16-11-17(26-18(24-16)10-15(12-21)25-26)23-13-19(6-8-22-9-7-19)14-4-2-1-3-5-14/h1-5,10-11,22-23H,6-9,13H2. The van der Waals surface area contributed by atoms with E-state index in [2.05, 4.69) is 51.1 Å². The summed E-state index contributed by atoms with van der Waals surface area (Å²) in [6.45, 7) is 2.74. The van der Waals surface area contributed by atoms with Crippen molar-refractivity contribution >= 4 is 23.1 Å². The summed E-state index contributed by atoms with van der Waals surface area (Å²) < 4.78 is 1.64. The molecule has 1 aliphatic heterocycles. The average Bonchev–Trinajstić information content (AvgIpc) is 3.10. The third-order valence-electron chi connectivity index (χ3n) is 5.07. The molecule has 2 aromatic heterocycles. The Balaban J connectivity index is 1.67. The fourth-order valence-corrected chi connectivity index (χ4v) is 3.84. The second kappa shape index (κ2) is 6.94. The van der Waals surface area contributed by atoms with E-state index in [4.69, 9.17) is 16.9 Å². The molecule has 3 heterocycles. The molecule has 26 heavy (non-hydrogen) atoms. The Kier molecular flexibility index (Phi) is 4.49. The number of anilines is 1. The largest absolute Gasteiger partial charge is 0.369 e. The fourth-order valence-electron chi connectivity index (χ4n) is 3.65. The highest BCUT2D eigenvalue weighted by molar-refractivity contribution is 6.29. The van der Waals surface area contributed by atoms with Crippen molar-refractivity contribution in [3.8, 4) is 6.07 Å². The normalized spacial score (nSPS) is 16.3. The predicted octanol–water partition coefficient (Wildman–Crippen LogP) is 2.99. The molecule has 0 amide bonds. The minimum absolute atomic E-state index is 0.0415. The van der Waals surface area contributed by atoms with Gasteiger partial charge in [0.05, 0.1) is 0 Å². The summed E-state index contributed by atoms with van der Waals surface area (Å²) in [4.78, 5) is 4.24. The smallest absolute Gasteiger partial charge is 0.165 e. The molecular weight excluding hydrogens is 348 g/mol. The van der Waals surface area contributed by atoms with E-state index >= 15 is 0 Å². The van der Waals surface area contributed by atoms with Crippen LogP contribution in [0, 0.1) is 11.3 Å². The van der Waals surface area contributed by atoms with Gasteiger partial charge in [-0.2, -0.15) is 14.9 Å². The third kappa shape index (κ3) is 3.12. The van der Waals surface area contributed by atoms with Crippen LogP contribution in [0.3, 0.4) is 0 Å². The number of piperidine rings is 1. The van der Waals surface area contributed by atoms with Gasteiger partial charge >= 0.3 is 0 Å². The van der Waals surface area contributed by atoms with Crippen LogP contribution in [0.15, 0.2) is 42.5 Å². The lowest BCUT2D eigenvalue weighted by atomic mass is 9.73. The molecule has 132 valence electrons. The first-order valence-corrected chi connectivity index (χ1v) is 9.05. The highest BCUT2D eigenvalue weighted by Crippen LogP contribution is 2.34. The summed E-state index contributed by atoms with van der Waals surface area (Å²) >= 11 is 6.16. The first kappa shape index (κ1) is 16.8. The number of nitrogens with one attached hydrogen (secondary N) is 2. The van der Waals surface area contributed by atoms with E-state index in [0.717, 1.165) is 38.3 Å². The summed E-state index contributed by atoms with van der Waals surface area (Å²) in [5.41, 5.74) is 2.27. The van der Waals surface area contributed by atoms with Crippen molar-refractivity contribution in [3.05, 3.63) is 58.9 Å². The van der Waals surface area contributed by atoms with Crippen LogP contribution in [0.25, 0.3) is 5.65 Å². The first-order chi connectivity index (χ1) is 12.7. The zero-order valence-corrected chi connectivity index (χ0v) is 15.0. The maximum absolute atomic E-state index is 9.11. The van der Waals surface area contributed by atoms with Crippen molar-refractivity contribution in [3.63, 3.8) is 0 Å². The second-order valence-electron chi connectivity index (χ2n) is 6.63. The van der Waals surface area contributed by atoms with E-state index in [-0.39, 0.29) is 5.41 Å². The Labute approximate surface area is 156 Å². The van der Waals surface area contributed by atoms with Gasteiger partial charge < -0.3 is 10.6 Å². The molecule has 1 aromatic carbocycles. The van der Waals surface area contributed by atoms with Crippen molar-refractivity contribution in [2.45, 2.75) is 18.3 Å². The van der Waals surface area contributed by atoms with Gasteiger partial charge in [0.15, 0.2) is 11.3 Å². The lowest BCUT2D eigenvalue weighted by molar-refractivity contribution is 0.322. The lowest BCUT2D eigenvalue weighted by Crippen LogP contribution is -2.44. The zero-order chi connectivity index (χ0) is 18.0. The number of fused-ring (bicyclic) bond motifs is 1. The highest BCUT2D eigenvalue weighted by Gasteiger charge is 2.33. The number of aromatic nitrogens is 3. The summed E-state index contributed by atoms with van der Waals surface area (Å²) in [6, 6.07) is 16.1. The van der Waals surface area contributed by atoms with Gasteiger partial charge in [0.1, 0.15) is 17.0 Å². The Morgan fingerprint density at radius 2 is 2.00 bits per heavy atom. The van der Waals surface area contributed by atoms with Gasteiger partial charge in [-0.1, -0.05) is 41.9 Å². The average molecular weight is 367 g/mol. The van der Waals surface area contributed by atoms with E-state index in [1.165, 1.54) is 5.56 Å². The van der Waals surface area contributed by atoms with Crippen LogP contribution in [0.4, 0.5) is 5.82 Å². The molecule has 0 aliphatic carbocycles. The third-order valence-corrected chi connectivity index (χ3v) is 5.26. The van der Waals surface area contributed by atoms with Crippen molar-refractivity contribution in [2.24, 2.45) is 0 Å². The SMILES string of the molecule is N#Cc1cc2nc(Cl)cc(NCC3(c4ccccc4)CCNCC3)n2n1. The number of hydrogen-bond donors (Lipinski definition) is 2. The molecule has 7 heteroatoms. The topological polar surface area (TPSA) is 78.0 Å². The molecule has 3 aromatic rings. The highest BCUT2D eigenvalue weighted by atomic mass is 35.5. The summed E-state index contributed by atoms with van der Waals surface area (Å²) in [5.74, 6) is 0.746. The molecule has 0 radical (unpaired) electrons. The van der Waals surface area contributed by atoms with Crippen LogP contribution in [-0.2, 0) is 5.41 Å².